The number of nitrogens with zero attached hydrogens (tertiary/aromatic N) is 5. The van der Waals surface area contributed by atoms with Crippen molar-refractivity contribution in [1.29, 1.82) is 5.26 Å². The summed E-state index contributed by atoms with van der Waals surface area (Å²) in [6.45, 7) is 4.58. The quantitative estimate of drug-likeness (QED) is 0.798. The lowest BCUT2D eigenvalue weighted by Gasteiger charge is -2.16. The molecule has 9 heteroatoms. The Kier molecular flexibility index (Phi) is 3.84. The molecule has 0 bridgehead atoms. The molecule has 2 N–H and O–H groups in total. The summed E-state index contributed by atoms with van der Waals surface area (Å²) in [4.78, 5) is 8.32. The van der Waals surface area contributed by atoms with Gasteiger partial charge in [-0.05, 0) is 33.1 Å². The van der Waals surface area contributed by atoms with Crippen LogP contribution in [0.25, 0.3) is 0 Å². The van der Waals surface area contributed by atoms with Gasteiger partial charge in [-0.2, -0.15) is 15.3 Å². The highest BCUT2D eigenvalue weighted by molar-refractivity contribution is 5.58. The topological polar surface area (TPSA) is 91.5 Å². The van der Waals surface area contributed by atoms with Gasteiger partial charge in [-0.25, -0.2) is 13.8 Å². The number of rotatable bonds is 6. The molecule has 0 aliphatic heterocycles. The molecule has 2 heterocycles. The maximum absolute atomic E-state index is 13.8. The first-order valence-corrected chi connectivity index (χ1v) is 8.95. The molecule has 0 radical (unpaired) electrons. The van der Waals surface area contributed by atoms with Gasteiger partial charge in [0.1, 0.15) is 5.82 Å². The fraction of sp³-hybridized carbons (Fsp3) is 0.556. The summed E-state index contributed by atoms with van der Waals surface area (Å²) in [6.07, 6.45) is 5.63. The van der Waals surface area contributed by atoms with Crippen molar-refractivity contribution in [1.82, 2.24) is 19.7 Å². The smallest absolute Gasteiger partial charge is 0.275 e. The van der Waals surface area contributed by atoms with Crippen LogP contribution in [0.1, 0.15) is 50.4 Å². The van der Waals surface area contributed by atoms with Crippen molar-refractivity contribution >= 4 is 17.5 Å². The molecule has 2 saturated carbocycles. The maximum Gasteiger partial charge on any atom is 0.275 e. The zero-order valence-corrected chi connectivity index (χ0v) is 15.4. The number of aromatic nitrogens is 4. The second-order valence-electron chi connectivity index (χ2n) is 7.75. The second kappa shape index (κ2) is 5.87. The van der Waals surface area contributed by atoms with Crippen LogP contribution in [0.3, 0.4) is 0 Å². The Morgan fingerprint density at radius 2 is 2.15 bits per heavy atom. The lowest BCUT2D eigenvalue weighted by Crippen LogP contribution is -2.16. The Balaban J connectivity index is 1.58. The summed E-state index contributed by atoms with van der Waals surface area (Å²) in [5.74, 6) is -2.64. The summed E-state index contributed by atoms with van der Waals surface area (Å²) < 4.78 is 29.4. The van der Waals surface area contributed by atoms with Crippen molar-refractivity contribution < 1.29 is 8.78 Å². The van der Waals surface area contributed by atoms with Crippen LogP contribution in [-0.2, 0) is 5.92 Å². The third-order valence-corrected chi connectivity index (χ3v) is 5.11. The Morgan fingerprint density at radius 1 is 1.41 bits per heavy atom. The van der Waals surface area contributed by atoms with Crippen molar-refractivity contribution in [2.45, 2.75) is 58.0 Å². The molecule has 142 valence electrons. The Labute approximate surface area is 155 Å². The molecule has 0 spiro atoms. The van der Waals surface area contributed by atoms with E-state index in [0.717, 1.165) is 38.1 Å². The number of aryl methyl sites for hydroxylation is 1. The summed E-state index contributed by atoms with van der Waals surface area (Å²) in [6, 6.07) is 2.55. The summed E-state index contributed by atoms with van der Waals surface area (Å²) >= 11 is 0. The van der Waals surface area contributed by atoms with Crippen molar-refractivity contribution in [2.24, 2.45) is 5.41 Å². The van der Waals surface area contributed by atoms with Crippen LogP contribution in [0.2, 0.25) is 0 Å². The van der Waals surface area contributed by atoms with Gasteiger partial charge in [0, 0.05) is 25.4 Å². The normalized spacial score (nSPS) is 24.4. The van der Waals surface area contributed by atoms with E-state index >= 15 is 0 Å². The van der Waals surface area contributed by atoms with E-state index in [1.54, 1.807) is 4.68 Å². The molecule has 2 aliphatic carbocycles. The van der Waals surface area contributed by atoms with E-state index in [-0.39, 0.29) is 34.8 Å². The lowest BCUT2D eigenvalue weighted by molar-refractivity contribution is 0.0176. The van der Waals surface area contributed by atoms with Gasteiger partial charge in [-0.3, -0.25) is 4.68 Å². The number of anilines is 3. The van der Waals surface area contributed by atoms with Gasteiger partial charge < -0.3 is 10.6 Å². The van der Waals surface area contributed by atoms with Crippen LogP contribution in [0.4, 0.5) is 26.2 Å². The van der Waals surface area contributed by atoms with Gasteiger partial charge in [0.2, 0.25) is 5.95 Å². The van der Waals surface area contributed by atoms with Crippen LogP contribution in [0.15, 0.2) is 12.4 Å². The molecule has 2 aromatic rings. The highest BCUT2D eigenvalue weighted by atomic mass is 19.3. The molecule has 0 aromatic carbocycles. The molecule has 27 heavy (non-hydrogen) atoms. The van der Waals surface area contributed by atoms with Crippen molar-refractivity contribution in [3.8, 4) is 6.07 Å². The largest absolute Gasteiger partial charge is 0.367 e. The number of halogens is 2. The highest BCUT2D eigenvalue weighted by Gasteiger charge is 2.53. The highest BCUT2D eigenvalue weighted by Crippen LogP contribution is 2.55. The van der Waals surface area contributed by atoms with Gasteiger partial charge in [0.15, 0.2) is 0 Å². The van der Waals surface area contributed by atoms with Crippen LogP contribution in [-0.4, -0.2) is 25.8 Å². The van der Waals surface area contributed by atoms with E-state index < -0.39 is 5.92 Å². The predicted octanol–water partition coefficient (Wildman–Crippen LogP) is 3.89. The van der Waals surface area contributed by atoms with Crippen LogP contribution in [0.5, 0.6) is 0 Å². The Bertz CT molecular complexity index is 923. The minimum absolute atomic E-state index is 0.0471. The third-order valence-electron chi connectivity index (χ3n) is 5.11. The minimum Gasteiger partial charge on any atom is -0.367 e. The molecule has 0 amide bonds. The van der Waals surface area contributed by atoms with E-state index in [4.69, 9.17) is 0 Å². The number of hydrogen-bond acceptors (Lipinski definition) is 6. The number of nitriles is 1. The molecule has 2 aliphatic rings. The molecule has 7 nitrogen and oxygen atoms in total. The van der Waals surface area contributed by atoms with E-state index in [0.29, 0.717) is 5.69 Å². The minimum atomic E-state index is -3.02. The van der Waals surface area contributed by atoms with Crippen molar-refractivity contribution in [2.75, 3.05) is 10.6 Å². The maximum atomic E-state index is 13.8. The lowest BCUT2D eigenvalue weighted by atomic mass is 10.2. The fourth-order valence-electron chi connectivity index (χ4n) is 3.03. The summed E-state index contributed by atoms with van der Waals surface area (Å²) in [7, 11) is 0. The van der Waals surface area contributed by atoms with Gasteiger partial charge >= 0.3 is 0 Å². The van der Waals surface area contributed by atoms with E-state index in [2.05, 4.69) is 31.8 Å². The average Bonchev–Trinajstić information content (AvgIpc) is 3.49. The van der Waals surface area contributed by atoms with Crippen molar-refractivity contribution in [3.63, 3.8) is 0 Å². The SMILES string of the molecule is Cc1nn(C2C[C@@]2(C)C#N)cc1Nc1ncc(C(C)(F)F)c(NC2CC2)n1. The Hall–Kier alpha value is -2.76. The van der Waals surface area contributed by atoms with Gasteiger partial charge in [0.05, 0.1) is 34.5 Å². The molecular weight excluding hydrogens is 352 g/mol. The summed E-state index contributed by atoms with van der Waals surface area (Å²) in [5.41, 5.74) is 0.820. The predicted molar refractivity (Wildman–Crippen MR) is 95.9 cm³/mol. The average molecular weight is 373 g/mol. The molecule has 2 aromatic heterocycles. The second-order valence-corrected chi connectivity index (χ2v) is 7.75. The third kappa shape index (κ3) is 3.44. The first-order chi connectivity index (χ1) is 12.7. The molecule has 4 rings (SSSR count). The van der Waals surface area contributed by atoms with Gasteiger partial charge in [-0.15, -0.1) is 0 Å². The molecule has 2 atom stereocenters. The molecule has 0 saturated heterocycles. The standard InChI is InChI=1S/C18H21F2N7/c1-10-13(8-27(26-10)14-6-17(14,2)9-21)24-16-22-7-12(18(3,19)20)15(25-16)23-11-4-5-11/h7-8,11,14H,4-6H2,1-3H3,(H2,22,23,24,25)/t14?,17-/m0/s1. The first-order valence-electron chi connectivity index (χ1n) is 8.95. The van der Waals surface area contributed by atoms with Crippen LogP contribution < -0.4 is 10.6 Å². The molecule has 2 fully saturated rings. The van der Waals surface area contributed by atoms with E-state index in [1.165, 1.54) is 0 Å². The van der Waals surface area contributed by atoms with Crippen LogP contribution in [0, 0.1) is 23.7 Å². The number of hydrogen-bond donors (Lipinski definition) is 2. The van der Waals surface area contributed by atoms with E-state index in [9.17, 15) is 14.0 Å². The Morgan fingerprint density at radius 3 is 2.74 bits per heavy atom. The van der Waals surface area contributed by atoms with Gasteiger partial charge in [0.25, 0.3) is 5.92 Å². The number of nitrogens with one attached hydrogen (secondary N) is 2. The first kappa shape index (κ1) is 17.6. The monoisotopic (exact) mass is 373 g/mol. The molecule has 1 unspecified atom stereocenters. The van der Waals surface area contributed by atoms with Gasteiger partial charge in [-0.1, -0.05) is 0 Å². The summed E-state index contributed by atoms with van der Waals surface area (Å²) in [5, 5.41) is 19.8. The zero-order valence-electron chi connectivity index (χ0n) is 15.4. The van der Waals surface area contributed by atoms with E-state index in [1.807, 2.05) is 20.0 Å². The molecular formula is C18H21F2N7. The number of alkyl halides is 2. The van der Waals surface area contributed by atoms with Crippen molar-refractivity contribution in [3.05, 3.63) is 23.7 Å². The van der Waals surface area contributed by atoms with Crippen LogP contribution >= 0.6 is 0 Å². The fourth-order valence-corrected chi connectivity index (χ4v) is 3.03. The zero-order chi connectivity index (χ0) is 19.4.